The maximum atomic E-state index is 12.3. The third kappa shape index (κ3) is 4.28. The molecular formula is C21H21NO2S. The van der Waals surface area contributed by atoms with Crippen LogP contribution in [0.25, 0.3) is 0 Å². The number of thiophene rings is 1. The predicted octanol–water partition coefficient (Wildman–Crippen LogP) is 5.50. The number of rotatable bonds is 5. The van der Waals surface area contributed by atoms with Crippen LogP contribution in [0.5, 0.6) is 5.75 Å². The van der Waals surface area contributed by atoms with Gasteiger partial charge in [-0.15, -0.1) is 11.3 Å². The molecule has 0 atom stereocenters. The SMILES string of the molecule is Cc1ccc(NC(=O)c2cc(COc3cccc(C)c3C)cs2)cc1. The van der Waals surface area contributed by atoms with E-state index in [0.29, 0.717) is 11.5 Å². The summed E-state index contributed by atoms with van der Waals surface area (Å²) in [6.07, 6.45) is 0. The van der Waals surface area contributed by atoms with Gasteiger partial charge < -0.3 is 10.1 Å². The highest BCUT2D eigenvalue weighted by Gasteiger charge is 2.10. The molecule has 0 unspecified atom stereocenters. The third-order valence-corrected chi connectivity index (χ3v) is 5.11. The lowest BCUT2D eigenvalue weighted by Gasteiger charge is -2.09. The number of carbonyl (C=O) groups excluding carboxylic acids is 1. The molecule has 1 amide bonds. The molecule has 0 saturated carbocycles. The number of anilines is 1. The Labute approximate surface area is 152 Å². The Morgan fingerprint density at radius 1 is 1.08 bits per heavy atom. The van der Waals surface area contributed by atoms with E-state index >= 15 is 0 Å². The number of nitrogens with one attached hydrogen (secondary N) is 1. The summed E-state index contributed by atoms with van der Waals surface area (Å²) in [5, 5.41) is 4.89. The van der Waals surface area contributed by atoms with E-state index in [4.69, 9.17) is 4.74 Å². The zero-order valence-corrected chi connectivity index (χ0v) is 15.4. The summed E-state index contributed by atoms with van der Waals surface area (Å²) < 4.78 is 5.90. The number of hydrogen-bond donors (Lipinski definition) is 1. The second-order valence-electron chi connectivity index (χ2n) is 6.13. The fraction of sp³-hybridized carbons (Fsp3) is 0.190. The van der Waals surface area contributed by atoms with Gasteiger partial charge in [0.1, 0.15) is 12.4 Å². The van der Waals surface area contributed by atoms with E-state index in [2.05, 4.69) is 25.2 Å². The van der Waals surface area contributed by atoms with Crippen LogP contribution in [-0.4, -0.2) is 5.91 Å². The van der Waals surface area contributed by atoms with Gasteiger partial charge in [0.2, 0.25) is 0 Å². The van der Waals surface area contributed by atoms with Gasteiger partial charge >= 0.3 is 0 Å². The number of amides is 1. The Hall–Kier alpha value is -2.59. The first kappa shape index (κ1) is 17.2. The molecule has 3 aromatic rings. The molecular weight excluding hydrogens is 330 g/mol. The highest BCUT2D eigenvalue weighted by molar-refractivity contribution is 7.12. The predicted molar refractivity (Wildman–Crippen MR) is 104 cm³/mol. The molecule has 1 heterocycles. The highest BCUT2D eigenvalue weighted by Crippen LogP contribution is 2.23. The molecule has 2 aromatic carbocycles. The zero-order chi connectivity index (χ0) is 17.8. The standard InChI is InChI=1S/C21H21NO2S/c1-14-7-9-18(10-8-14)22-21(23)20-11-17(13-25-20)12-24-19-6-4-5-15(2)16(19)3/h4-11,13H,12H2,1-3H3,(H,22,23). The number of aryl methyl sites for hydroxylation is 2. The molecule has 0 aliphatic heterocycles. The third-order valence-electron chi connectivity index (χ3n) is 4.14. The fourth-order valence-electron chi connectivity index (χ4n) is 2.44. The molecule has 3 rings (SSSR count). The van der Waals surface area contributed by atoms with Crippen LogP contribution in [0.2, 0.25) is 0 Å². The first-order valence-corrected chi connectivity index (χ1v) is 9.05. The van der Waals surface area contributed by atoms with E-state index in [-0.39, 0.29) is 5.91 Å². The monoisotopic (exact) mass is 351 g/mol. The second-order valence-corrected chi connectivity index (χ2v) is 7.04. The Bertz CT molecular complexity index is 881. The van der Waals surface area contributed by atoms with Crippen LogP contribution in [0.3, 0.4) is 0 Å². The molecule has 0 radical (unpaired) electrons. The van der Waals surface area contributed by atoms with Crippen molar-refractivity contribution in [3.8, 4) is 5.75 Å². The van der Waals surface area contributed by atoms with E-state index in [9.17, 15) is 4.79 Å². The van der Waals surface area contributed by atoms with Crippen molar-refractivity contribution in [2.45, 2.75) is 27.4 Å². The number of carbonyl (C=O) groups is 1. The van der Waals surface area contributed by atoms with E-state index in [0.717, 1.165) is 22.6 Å². The first-order valence-electron chi connectivity index (χ1n) is 8.17. The van der Waals surface area contributed by atoms with Gasteiger partial charge in [-0.25, -0.2) is 0 Å². The summed E-state index contributed by atoms with van der Waals surface area (Å²) in [5.74, 6) is 0.795. The second kappa shape index (κ2) is 7.53. The van der Waals surface area contributed by atoms with Crippen LogP contribution in [0.15, 0.2) is 53.9 Å². The van der Waals surface area contributed by atoms with Crippen molar-refractivity contribution in [3.63, 3.8) is 0 Å². The van der Waals surface area contributed by atoms with Gasteiger partial charge in [0.05, 0.1) is 4.88 Å². The summed E-state index contributed by atoms with van der Waals surface area (Å²) in [7, 11) is 0. The fourth-order valence-corrected chi connectivity index (χ4v) is 3.23. The molecule has 0 spiro atoms. The minimum Gasteiger partial charge on any atom is -0.489 e. The summed E-state index contributed by atoms with van der Waals surface area (Å²) in [4.78, 5) is 13.0. The van der Waals surface area contributed by atoms with Gasteiger partial charge in [-0.3, -0.25) is 4.79 Å². The van der Waals surface area contributed by atoms with Crippen molar-refractivity contribution in [2.75, 3.05) is 5.32 Å². The van der Waals surface area contributed by atoms with Crippen LogP contribution >= 0.6 is 11.3 Å². The normalized spacial score (nSPS) is 10.5. The van der Waals surface area contributed by atoms with Crippen LogP contribution < -0.4 is 10.1 Å². The quantitative estimate of drug-likeness (QED) is 0.659. The van der Waals surface area contributed by atoms with E-state index < -0.39 is 0 Å². The molecule has 0 fully saturated rings. The van der Waals surface area contributed by atoms with Crippen molar-refractivity contribution >= 4 is 22.9 Å². The molecule has 4 heteroatoms. The summed E-state index contributed by atoms with van der Waals surface area (Å²) in [6, 6.07) is 15.7. The van der Waals surface area contributed by atoms with Gasteiger partial charge in [-0.05, 0) is 61.5 Å². The number of benzene rings is 2. The summed E-state index contributed by atoms with van der Waals surface area (Å²) in [6.45, 7) is 6.60. The highest BCUT2D eigenvalue weighted by atomic mass is 32.1. The maximum Gasteiger partial charge on any atom is 0.265 e. The Balaban J connectivity index is 1.62. The molecule has 0 aliphatic carbocycles. The summed E-state index contributed by atoms with van der Waals surface area (Å²) >= 11 is 1.43. The van der Waals surface area contributed by atoms with Gasteiger partial charge in [0.15, 0.2) is 0 Å². The van der Waals surface area contributed by atoms with Gasteiger partial charge in [0.25, 0.3) is 5.91 Å². The molecule has 0 aliphatic rings. The molecule has 0 saturated heterocycles. The molecule has 25 heavy (non-hydrogen) atoms. The van der Waals surface area contributed by atoms with Crippen LogP contribution in [0.4, 0.5) is 5.69 Å². The van der Waals surface area contributed by atoms with Crippen LogP contribution in [0.1, 0.15) is 31.9 Å². The Morgan fingerprint density at radius 3 is 2.60 bits per heavy atom. The van der Waals surface area contributed by atoms with Crippen molar-refractivity contribution in [1.82, 2.24) is 0 Å². The molecule has 128 valence electrons. The van der Waals surface area contributed by atoms with Gasteiger partial charge in [-0.1, -0.05) is 29.8 Å². The van der Waals surface area contributed by atoms with Gasteiger partial charge in [0, 0.05) is 11.3 Å². The van der Waals surface area contributed by atoms with E-state index in [1.165, 1.54) is 22.5 Å². The topological polar surface area (TPSA) is 38.3 Å². The average Bonchev–Trinajstić information content (AvgIpc) is 3.07. The first-order chi connectivity index (χ1) is 12.0. The zero-order valence-electron chi connectivity index (χ0n) is 14.6. The van der Waals surface area contributed by atoms with E-state index in [1.54, 1.807) is 0 Å². The van der Waals surface area contributed by atoms with Crippen molar-refractivity contribution in [2.24, 2.45) is 0 Å². The minimum atomic E-state index is -0.0909. The van der Waals surface area contributed by atoms with Crippen LogP contribution in [0, 0.1) is 20.8 Å². The smallest absolute Gasteiger partial charge is 0.265 e. The largest absolute Gasteiger partial charge is 0.489 e. The summed E-state index contributed by atoms with van der Waals surface area (Å²) in [5.41, 5.74) is 5.33. The van der Waals surface area contributed by atoms with Crippen molar-refractivity contribution in [1.29, 1.82) is 0 Å². The lowest BCUT2D eigenvalue weighted by atomic mass is 10.1. The Morgan fingerprint density at radius 2 is 1.84 bits per heavy atom. The van der Waals surface area contributed by atoms with Crippen LogP contribution in [-0.2, 0) is 6.61 Å². The van der Waals surface area contributed by atoms with E-state index in [1.807, 2.05) is 54.8 Å². The molecule has 0 bridgehead atoms. The minimum absolute atomic E-state index is 0.0909. The lowest BCUT2D eigenvalue weighted by molar-refractivity contribution is 0.103. The lowest BCUT2D eigenvalue weighted by Crippen LogP contribution is -2.10. The number of hydrogen-bond acceptors (Lipinski definition) is 3. The number of ether oxygens (including phenoxy) is 1. The molecule has 1 N–H and O–H groups in total. The molecule has 1 aromatic heterocycles. The maximum absolute atomic E-state index is 12.3. The van der Waals surface area contributed by atoms with Gasteiger partial charge in [-0.2, -0.15) is 0 Å². The van der Waals surface area contributed by atoms with Crippen molar-refractivity contribution in [3.05, 3.63) is 81.0 Å². The average molecular weight is 351 g/mol. The van der Waals surface area contributed by atoms with Crippen molar-refractivity contribution < 1.29 is 9.53 Å². The Kier molecular flexibility index (Phi) is 5.19. The molecule has 3 nitrogen and oxygen atoms in total.